The predicted octanol–water partition coefficient (Wildman–Crippen LogP) is 2.65. The van der Waals surface area contributed by atoms with Gasteiger partial charge in [-0.05, 0) is 30.7 Å². The number of phenolic OH excluding ortho intramolecular Hbond substituents is 2. The van der Waals surface area contributed by atoms with Gasteiger partial charge < -0.3 is 10.2 Å². The van der Waals surface area contributed by atoms with Crippen molar-refractivity contribution in [1.29, 1.82) is 0 Å². The number of aromatic nitrogens is 3. The maximum Gasteiger partial charge on any atom is 0.341 e. The van der Waals surface area contributed by atoms with E-state index in [9.17, 15) is 10.2 Å². The van der Waals surface area contributed by atoms with Crippen LogP contribution in [0.1, 0.15) is 41.6 Å². The van der Waals surface area contributed by atoms with E-state index in [1.54, 1.807) is 6.07 Å². The molecule has 3 aliphatic rings. The number of fused-ring (bicyclic) bond motifs is 1. The molecule has 2 N–H and O–H groups in total. The maximum absolute atomic E-state index is 10.8. The molecule has 0 aliphatic heterocycles. The topological polar surface area (TPSA) is 62.2 Å². The number of aryl methyl sites for hydroxylation is 1. The summed E-state index contributed by atoms with van der Waals surface area (Å²) < 4.78 is 3.79. The van der Waals surface area contributed by atoms with Crippen LogP contribution in [0.25, 0.3) is 0 Å². The molecule has 2 bridgehead atoms. The zero-order chi connectivity index (χ0) is 16.3. The summed E-state index contributed by atoms with van der Waals surface area (Å²) in [5, 5.41) is 26.6. The standard InChI is InChI=1S/C17H19N3O2S/c1-9-19(2)17(18-20(9)3)23-13-8-12(21)14-10-4-6-11(7-5-10)15(14)16(13)22/h4,6,8,10-11H,5,7H2,1-3H3,(H-,21,22)/p+1. The second-order valence-corrected chi connectivity index (χ2v) is 7.37. The molecule has 2 atom stereocenters. The first-order chi connectivity index (χ1) is 11.0. The van der Waals surface area contributed by atoms with Crippen LogP contribution >= 0.6 is 11.8 Å². The fourth-order valence-corrected chi connectivity index (χ4v) is 4.63. The van der Waals surface area contributed by atoms with Gasteiger partial charge in [0.1, 0.15) is 11.5 Å². The molecule has 2 unspecified atom stereocenters. The molecule has 0 radical (unpaired) electrons. The molecule has 1 aromatic carbocycles. The SMILES string of the molecule is Cc1n(C)nc(Sc2cc(O)c3c(c2O)C2C=CC3CC2)[n+]1C. The third-order valence-corrected chi connectivity index (χ3v) is 6.18. The third-order valence-electron chi connectivity index (χ3n) is 5.11. The lowest BCUT2D eigenvalue weighted by Crippen LogP contribution is -2.32. The van der Waals surface area contributed by atoms with Crippen molar-refractivity contribution in [2.24, 2.45) is 14.1 Å². The highest BCUT2D eigenvalue weighted by Crippen LogP contribution is 2.54. The zero-order valence-corrected chi connectivity index (χ0v) is 14.3. The van der Waals surface area contributed by atoms with Crippen molar-refractivity contribution >= 4 is 11.8 Å². The Bertz CT molecular complexity index is 841. The Morgan fingerprint density at radius 1 is 1.22 bits per heavy atom. The van der Waals surface area contributed by atoms with Gasteiger partial charge in [-0.3, -0.25) is 0 Å². The van der Waals surface area contributed by atoms with E-state index in [1.165, 1.54) is 11.8 Å². The summed E-state index contributed by atoms with van der Waals surface area (Å²) in [5.74, 6) is 2.05. The van der Waals surface area contributed by atoms with Crippen molar-refractivity contribution in [2.45, 2.75) is 41.7 Å². The van der Waals surface area contributed by atoms with Crippen LogP contribution < -0.4 is 4.57 Å². The summed E-state index contributed by atoms with van der Waals surface area (Å²) in [7, 11) is 3.85. The molecule has 0 saturated heterocycles. The molecule has 5 rings (SSSR count). The average Bonchev–Trinajstić information content (AvgIpc) is 2.80. The van der Waals surface area contributed by atoms with Crippen LogP contribution in [0, 0.1) is 6.92 Å². The van der Waals surface area contributed by atoms with Gasteiger partial charge in [0.05, 0.1) is 24.1 Å². The molecule has 2 aromatic rings. The fraction of sp³-hybridized carbons (Fsp3) is 0.412. The number of nitrogens with zero attached hydrogens (tertiary/aromatic N) is 3. The predicted molar refractivity (Wildman–Crippen MR) is 86.9 cm³/mol. The quantitative estimate of drug-likeness (QED) is 0.505. The average molecular weight is 330 g/mol. The Morgan fingerprint density at radius 2 is 1.87 bits per heavy atom. The maximum atomic E-state index is 10.8. The highest BCUT2D eigenvalue weighted by atomic mass is 32.2. The first-order valence-corrected chi connectivity index (χ1v) is 8.63. The molecular weight excluding hydrogens is 310 g/mol. The Hall–Kier alpha value is -1.95. The number of rotatable bonds is 2. The van der Waals surface area contributed by atoms with Crippen LogP contribution in [-0.4, -0.2) is 20.0 Å². The van der Waals surface area contributed by atoms with Crippen molar-refractivity contribution < 1.29 is 14.8 Å². The highest BCUT2D eigenvalue weighted by molar-refractivity contribution is 7.99. The normalized spacial score (nSPS) is 21.7. The molecule has 0 amide bonds. The number of phenols is 2. The number of hydrogen-bond donors (Lipinski definition) is 2. The summed E-state index contributed by atoms with van der Waals surface area (Å²) in [6.07, 6.45) is 6.40. The van der Waals surface area contributed by atoms with E-state index in [-0.39, 0.29) is 17.6 Å². The molecule has 1 aromatic heterocycles. The van der Waals surface area contributed by atoms with Gasteiger partial charge in [0.25, 0.3) is 0 Å². The van der Waals surface area contributed by atoms with Gasteiger partial charge in [-0.25, -0.2) is 4.57 Å². The molecule has 23 heavy (non-hydrogen) atoms. The van der Waals surface area contributed by atoms with Gasteiger partial charge in [-0.1, -0.05) is 12.2 Å². The molecule has 6 heteroatoms. The summed E-state index contributed by atoms with van der Waals surface area (Å²) in [4.78, 5) is 0.663. The van der Waals surface area contributed by atoms with Gasteiger partial charge in [-0.15, -0.1) is 4.68 Å². The molecule has 0 fully saturated rings. The second-order valence-electron chi connectivity index (χ2n) is 6.36. The van der Waals surface area contributed by atoms with Gasteiger partial charge in [-0.2, -0.15) is 0 Å². The summed E-state index contributed by atoms with van der Waals surface area (Å²) >= 11 is 1.39. The van der Waals surface area contributed by atoms with E-state index in [1.807, 2.05) is 30.3 Å². The third kappa shape index (κ3) is 2.08. The van der Waals surface area contributed by atoms with E-state index in [0.29, 0.717) is 10.6 Å². The second kappa shape index (κ2) is 5.03. The molecule has 0 spiro atoms. The first-order valence-electron chi connectivity index (χ1n) is 7.82. The molecular formula is C17H20N3O2S+. The molecule has 3 aliphatic carbocycles. The molecule has 120 valence electrons. The van der Waals surface area contributed by atoms with Crippen molar-refractivity contribution in [3.05, 3.63) is 35.2 Å². The highest BCUT2D eigenvalue weighted by Gasteiger charge is 2.35. The van der Waals surface area contributed by atoms with Crippen LogP contribution in [0.15, 0.2) is 28.3 Å². The molecule has 1 heterocycles. The number of aromatic hydroxyl groups is 2. The lowest BCUT2D eigenvalue weighted by atomic mass is 9.71. The Kier molecular flexibility index (Phi) is 3.20. The lowest BCUT2D eigenvalue weighted by Gasteiger charge is -2.34. The van der Waals surface area contributed by atoms with Crippen LogP contribution in [-0.2, 0) is 14.1 Å². The van der Waals surface area contributed by atoms with E-state index < -0.39 is 0 Å². The summed E-state index contributed by atoms with van der Waals surface area (Å²) in [6, 6.07) is 1.68. The van der Waals surface area contributed by atoms with Gasteiger partial charge in [0, 0.05) is 29.9 Å². The van der Waals surface area contributed by atoms with Crippen molar-refractivity contribution in [3.8, 4) is 11.5 Å². The van der Waals surface area contributed by atoms with Crippen molar-refractivity contribution in [2.75, 3.05) is 0 Å². The van der Waals surface area contributed by atoms with E-state index in [2.05, 4.69) is 17.3 Å². The molecule has 0 saturated carbocycles. The first kappa shape index (κ1) is 14.6. The monoisotopic (exact) mass is 330 g/mol. The summed E-state index contributed by atoms with van der Waals surface area (Å²) in [6.45, 7) is 1.99. The van der Waals surface area contributed by atoms with E-state index >= 15 is 0 Å². The number of hydrogen-bond acceptors (Lipinski definition) is 4. The van der Waals surface area contributed by atoms with Crippen LogP contribution in [0.5, 0.6) is 11.5 Å². The minimum Gasteiger partial charge on any atom is -0.508 e. The molecule has 5 nitrogen and oxygen atoms in total. The Balaban J connectivity index is 1.81. The van der Waals surface area contributed by atoms with Gasteiger partial charge in [0.2, 0.25) is 5.82 Å². The minimum atomic E-state index is 0.209. The van der Waals surface area contributed by atoms with Gasteiger partial charge in [0.15, 0.2) is 0 Å². The van der Waals surface area contributed by atoms with Crippen LogP contribution in [0.4, 0.5) is 0 Å². The van der Waals surface area contributed by atoms with E-state index in [4.69, 9.17) is 0 Å². The summed E-state index contributed by atoms with van der Waals surface area (Å²) in [5.41, 5.74) is 1.81. The lowest BCUT2D eigenvalue weighted by molar-refractivity contribution is -0.715. The van der Waals surface area contributed by atoms with Gasteiger partial charge >= 0.3 is 5.16 Å². The number of allylic oxidation sites excluding steroid dienone is 2. The zero-order valence-electron chi connectivity index (χ0n) is 13.4. The Morgan fingerprint density at radius 3 is 2.43 bits per heavy atom. The smallest absolute Gasteiger partial charge is 0.341 e. The largest absolute Gasteiger partial charge is 0.508 e. The number of benzene rings is 1. The van der Waals surface area contributed by atoms with Crippen LogP contribution in [0.2, 0.25) is 0 Å². The van der Waals surface area contributed by atoms with E-state index in [0.717, 1.165) is 34.9 Å². The minimum absolute atomic E-state index is 0.209. The Labute approximate surface area is 139 Å². The fourth-order valence-electron chi connectivity index (χ4n) is 3.62. The van der Waals surface area contributed by atoms with Crippen molar-refractivity contribution in [1.82, 2.24) is 9.78 Å². The van der Waals surface area contributed by atoms with Crippen molar-refractivity contribution in [3.63, 3.8) is 0 Å². The van der Waals surface area contributed by atoms with Crippen LogP contribution in [0.3, 0.4) is 0 Å².